The SMILES string of the molecule is CCN(CC(=O)Nc1cccc(OC)c1)CC1CCCNC1. The Labute approximate surface area is 133 Å². The summed E-state index contributed by atoms with van der Waals surface area (Å²) in [6.07, 6.45) is 2.49. The van der Waals surface area contributed by atoms with Crippen LogP contribution >= 0.6 is 0 Å². The minimum absolute atomic E-state index is 0.0267. The fourth-order valence-corrected chi connectivity index (χ4v) is 2.85. The largest absolute Gasteiger partial charge is 0.497 e. The van der Waals surface area contributed by atoms with Crippen LogP contribution in [0.1, 0.15) is 19.8 Å². The number of likely N-dealkylation sites (N-methyl/N-ethyl adjacent to an activating group) is 1. The number of carbonyl (C=O) groups is 1. The van der Waals surface area contributed by atoms with Gasteiger partial charge in [-0.15, -0.1) is 0 Å². The molecule has 1 unspecified atom stereocenters. The van der Waals surface area contributed by atoms with E-state index in [0.29, 0.717) is 12.5 Å². The molecule has 1 saturated heterocycles. The van der Waals surface area contributed by atoms with Crippen molar-refractivity contribution < 1.29 is 9.53 Å². The van der Waals surface area contributed by atoms with Crippen molar-refractivity contribution in [2.24, 2.45) is 5.92 Å². The Morgan fingerprint density at radius 1 is 1.50 bits per heavy atom. The number of piperidine rings is 1. The summed E-state index contributed by atoms with van der Waals surface area (Å²) in [5.74, 6) is 1.43. The van der Waals surface area contributed by atoms with Gasteiger partial charge in [0, 0.05) is 18.3 Å². The van der Waals surface area contributed by atoms with E-state index in [2.05, 4.69) is 22.5 Å². The Balaban J connectivity index is 1.82. The van der Waals surface area contributed by atoms with Crippen molar-refractivity contribution in [1.82, 2.24) is 10.2 Å². The lowest BCUT2D eigenvalue weighted by Crippen LogP contribution is -2.41. The maximum atomic E-state index is 12.2. The van der Waals surface area contributed by atoms with E-state index in [-0.39, 0.29) is 5.91 Å². The number of rotatable bonds is 7. The fourth-order valence-electron chi connectivity index (χ4n) is 2.85. The van der Waals surface area contributed by atoms with Crippen LogP contribution < -0.4 is 15.4 Å². The molecule has 1 amide bonds. The topological polar surface area (TPSA) is 53.6 Å². The van der Waals surface area contributed by atoms with Gasteiger partial charge >= 0.3 is 0 Å². The Bertz CT molecular complexity index is 473. The number of methoxy groups -OCH3 is 1. The Kier molecular flexibility index (Phi) is 6.68. The van der Waals surface area contributed by atoms with E-state index in [1.54, 1.807) is 7.11 Å². The van der Waals surface area contributed by atoms with Crippen LogP contribution in [0.3, 0.4) is 0 Å². The molecule has 0 bridgehead atoms. The van der Waals surface area contributed by atoms with Crippen LogP contribution in [0.25, 0.3) is 0 Å². The lowest BCUT2D eigenvalue weighted by atomic mass is 9.99. The first-order valence-electron chi connectivity index (χ1n) is 8.08. The molecule has 2 N–H and O–H groups in total. The molecule has 22 heavy (non-hydrogen) atoms. The molecule has 0 spiro atoms. The summed E-state index contributed by atoms with van der Waals surface area (Å²) in [5, 5.41) is 6.37. The number of carbonyl (C=O) groups excluding carboxylic acids is 1. The highest BCUT2D eigenvalue weighted by Gasteiger charge is 2.18. The smallest absolute Gasteiger partial charge is 0.238 e. The van der Waals surface area contributed by atoms with Crippen LogP contribution in [-0.2, 0) is 4.79 Å². The van der Waals surface area contributed by atoms with Crippen LogP contribution in [0, 0.1) is 5.92 Å². The zero-order valence-corrected chi connectivity index (χ0v) is 13.6. The van der Waals surface area contributed by atoms with Gasteiger partial charge in [-0.05, 0) is 50.5 Å². The first-order valence-corrected chi connectivity index (χ1v) is 8.08. The number of hydrogen-bond donors (Lipinski definition) is 2. The van der Waals surface area contributed by atoms with Crippen LogP contribution in [0.15, 0.2) is 24.3 Å². The number of hydrogen-bond acceptors (Lipinski definition) is 4. The Hall–Kier alpha value is -1.59. The van der Waals surface area contributed by atoms with Gasteiger partial charge in [-0.25, -0.2) is 0 Å². The van der Waals surface area contributed by atoms with Crippen molar-refractivity contribution in [3.8, 4) is 5.75 Å². The van der Waals surface area contributed by atoms with E-state index in [9.17, 15) is 4.79 Å². The number of benzene rings is 1. The van der Waals surface area contributed by atoms with Gasteiger partial charge in [0.25, 0.3) is 0 Å². The normalized spacial score (nSPS) is 18.2. The number of nitrogens with one attached hydrogen (secondary N) is 2. The second-order valence-electron chi connectivity index (χ2n) is 5.82. The van der Waals surface area contributed by atoms with E-state index in [0.717, 1.165) is 37.6 Å². The second-order valence-corrected chi connectivity index (χ2v) is 5.82. The average Bonchev–Trinajstić information content (AvgIpc) is 2.55. The van der Waals surface area contributed by atoms with Crippen molar-refractivity contribution in [3.63, 3.8) is 0 Å². The Morgan fingerprint density at radius 3 is 3.05 bits per heavy atom. The van der Waals surface area contributed by atoms with Crippen molar-refractivity contribution in [2.45, 2.75) is 19.8 Å². The van der Waals surface area contributed by atoms with Crippen molar-refractivity contribution in [3.05, 3.63) is 24.3 Å². The molecule has 122 valence electrons. The molecular formula is C17H27N3O2. The van der Waals surface area contributed by atoms with Crippen LogP contribution in [0.4, 0.5) is 5.69 Å². The molecule has 1 aromatic carbocycles. The van der Waals surface area contributed by atoms with E-state index in [1.165, 1.54) is 12.8 Å². The quantitative estimate of drug-likeness (QED) is 0.808. The van der Waals surface area contributed by atoms with E-state index in [4.69, 9.17) is 4.74 Å². The van der Waals surface area contributed by atoms with Gasteiger partial charge in [0.15, 0.2) is 0 Å². The molecule has 5 heteroatoms. The number of nitrogens with zero attached hydrogens (tertiary/aromatic N) is 1. The van der Waals surface area contributed by atoms with Crippen molar-refractivity contribution in [2.75, 3.05) is 45.2 Å². The molecule has 0 saturated carbocycles. The fraction of sp³-hybridized carbons (Fsp3) is 0.588. The minimum Gasteiger partial charge on any atom is -0.497 e. The summed E-state index contributed by atoms with van der Waals surface area (Å²) in [6.45, 7) is 6.60. The predicted molar refractivity (Wildman–Crippen MR) is 89.3 cm³/mol. The van der Waals surface area contributed by atoms with Crippen molar-refractivity contribution >= 4 is 11.6 Å². The summed E-state index contributed by atoms with van der Waals surface area (Å²) in [5.41, 5.74) is 0.778. The third-order valence-electron chi connectivity index (χ3n) is 4.08. The minimum atomic E-state index is 0.0267. The third-order valence-corrected chi connectivity index (χ3v) is 4.08. The zero-order valence-electron chi connectivity index (χ0n) is 13.6. The summed E-state index contributed by atoms with van der Waals surface area (Å²) >= 11 is 0. The standard InChI is InChI=1S/C17H27N3O2/c1-3-20(12-14-6-5-9-18-11-14)13-17(21)19-15-7-4-8-16(10-15)22-2/h4,7-8,10,14,18H,3,5-6,9,11-13H2,1-2H3,(H,19,21). The van der Waals surface area contributed by atoms with Gasteiger partial charge in [-0.1, -0.05) is 13.0 Å². The highest BCUT2D eigenvalue weighted by molar-refractivity contribution is 5.92. The van der Waals surface area contributed by atoms with Crippen LogP contribution in [0.5, 0.6) is 5.75 Å². The lowest BCUT2D eigenvalue weighted by molar-refractivity contribution is -0.117. The first kappa shape index (κ1) is 16.8. The van der Waals surface area contributed by atoms with E-state index < -0.39 is 0 Å². The summed E-state index contributed by atoms with van der Waals surface area (Å²) in [6, 6.07) is 7.45. The second kappa shape index (κ2) is 8.76. The molecule has 1 aromatic rings. The van der Waals surface area contributed by atoms with E-state index >= 15 is 0 Å². The number of amides is 1. The van der Waals surface area contributed by atoms with Gasteiger partial charge in [0.2, 0.25) is 5.91 Å². The first-order chi connectivity index (χ1) is 10.7. The zero-order chi connectivity index (χ0) is 15.8. The molecule has 1 atom stereocenters. The third kappa shape index (κ3) is 5.31. The Morgan fingerprint density at radius 2 is 2.36 bits per heavy atom. The maximum absolute atomic E-state index is 12.2. The summed E-state index contributed by atoms with van der Waals surface area (Å²) in [4.78, 5) is 14.4. The molecule has 0 radical (unpaired) electrons. The van der Waals surface area contributed by atoms with Gasteiger partial charge in [0.1, 0.15) is 5.75 Å². The number of ether oxygens (including phenoxy) is 1. The van der Waals surface area contributed by atoms with Gasteiger partial charge in [-0.2, -0.15) is 0 Å². The molecule has 0 aromatic heterocycles. The van der Waals surface area contributed by atoms with Crippen LogP contribution in [-0.4, -0.2) is 50.6 Å². The molecule has 2 rings (SSSR count). The highest BCUT2D eigenvalue weighted by Crippen LogP contribution is 2.17. The van der Waals surface area contributed by atoms with Gasteiger partial charge < -0.3 is 15.4 Å². The highest BCUT2D eigenvalue weighted by atomic mass is 16.5. The number of anilines is 1. The lowest BCUT2D eigenvalue weighted by Gasteiger charge is -2.29. The molecule has 0 aliphatic carbocycles. The van der Waals surface area contributed by atoms with Gasteiger partial charge in [0.05, 0.1) is 13.7 Å². The van der Waals surface area contributed by atoms with Crippen molar-refractivity contribution in [1.29, 1.82) is 0 Å². The molecule has 1 aliphatic heterocycles. The molecule has 5 nitrogen and oxygen atoms in total. The predicted octanol–water partition coefficient (Wildman–Crippen LogP) is 1.96. The van der Waals surface area contributed by atoms with Gasteiger partial charge in [-0.3, -0.25) is 9.69 Å². The molecular weight excluding hydrogens is 278 g/mol. The average molecular weight is 305 g/mol. The van der Waals surface area contributed by atoms with E-state index in [1.807, 2.05) is 24.3 Å². The molecule has 1 fully saturated rings. The molecule has 1 aliphatic rings. The summed E-state index contributed by atoms with van der Waals surface area (Å²) in [7, 11) is 1.62. The monoisotopic (exact) mass is 305 g/mol. The summed E-state index contributed by atoms with van der Waals surface area (Å²) < 4.78 is 5.17. The maximum Gasteiger partial charge on any atom is 0.238 e. The molecule has 1 heterocycles. The van der Waals surface area contributed by atoms with Crippen LogP contribution in [0.2, 0.25) is 0 Å².